The molecule has 0 saturated carbocycles. The van der Waals surface area contributed by atoms with Crippen LogP contribution in [0.3, 0.4) is 0 Å². The minimum absolute atomic E-state index is 0.362. The Balaban J connectivity index is 4.10. The fraction of sp³-hybridized carbons (Fsp3) is 0.571. The van der Waals surface area contributed by atoms with Crippen molar-refractivity contribution in [2.24, 2.45) is 5.92 Å². The molecule has 0 aromatic heterocycles. The van der Waals surface area contributed by atoms with E-state index in [1.165, 1.54) is 13.8 Å². The summed E-state index contributed by atoms with van der Waals surface area (Å²) in [5.41, 5.74) is 0. The summed E-state index contributed by atoms with van der Waals surface area (Å²) in [6.45, 7) is 2.40. The molecule has 0 fully saturated rings. The molecule has 0 aromatic carbocycles. The van der Waals surface area contributed by atoms with Gasteiger partial charge in [-0.25, -0.2) is 4.79 Å². The van der Waals surface area contributed by atoms with Gasteiger partial charge in [-0.3, -0.25) is 14.5 Å². The number of hydrogen-bond acceptors (Lipinski definition) is 4. The van der Waals surface area contributed by atoms with Gasteiger partial charge in [0.15, 0.2) is 5.78 Å². The maximum absolute atomic E-state index is 11.2. The lowest BCUT2D eigenvalue weighted by molar-refractivity contribution is -0.188. The molecule has 0 bridgehead atoms. The summed E-state index contributed by atoms with van der Waals surface area (Å²) in [7, 11) is 0. The van der Waals surface area contributed by atoms with E-state index in [2.05, 4.69) is 4.94 Å². The van der Waals surface area contributed by atoms with E-state index in [0.29, 0.717) is 0 Å². The topological polar surface area (TPSA) is 60.4 Å². The summed E-state index contributed by atoms with van der Waals surface area (Å²) in [5, 5.41) is 0. The summed E-state index contributed by atoms with van der Waals surface area (Å²) < 4.78 is 11.2. The van der Waals surface area contributed by atoms with Crippen LogP contribution in [0.4, 0.5) is 4.53 Å². The van der Waals surface area contributed by atoms with Crippen LogP contribution in [0.1, 0.15) is 20.3 Å². The number of carbonyl (C=O) groups excluding carboxylic acids is 3. The van der Waals surface area contributed by atoms with Crippen molar-refractivity contribution in [1.82, 2.24) is 0 Å². The Labute approximate surface area is 68.6 Å². The van der Waals surface area contributed by atoms with Crippen molar-refractivity contribution in [1.29, 1.82) is 0 Å². The number of halogens is 1. The molecule has 5 heteroatoms. The van der Waals surface area contributed by atoms with Crippen LogP contribution in [0.2, 0.25) is 0 Å². The molecule has 1 unspecified atom stereocenters. The third-order valence-corrected chi connectivity index (χ3v) is 1.34. The average Bonchev–Trinajstić information content (AvgIpc) is 2.00. The van der Waals surface area contributed by atoms with Gasteiger partial charge in [-0.05, 0) is 13.8 Å². The quantitative estimate of drug-likeness (QED) is 0.588. The van der Waals surface area contributed by atoms with Gasteiger partial charge in [0, 0.05) is 4.53 Å². The number of rotatable bonds is 4. The van der Waals surface area contributed by atoms with Gasteiger partial charge in [0.05, 0.1) is 6.42 Å². The molecule has 0 rings (SSSR count). The van der Waals surface area contributed by atoms with Gasteiger partial charge in [-0.15, -0.1) is 0 Å². The average molecular weight is 176 g/mol. The monoisotopic (exact) mass is 176 g/mol. The fourth-order valence-electron chi connectivity index (χ4n) is 0.597. The van der Waals surface area contributed by atoms with Crippen LogP contribution < -0.4 is 0 Å². The zero-order valence-electron chi connectivity index (χ0n) is 6.80. The van der Waals surface area contributed by atoms with Crippen LogP contribution in [0.25, 0.3) is 0 Å². The highest BCUT2D eigenvalue weighted by Crippen LogP contribution is 2.04. The molecule has 0 amide bonds. The first-order valence-electron chi connectivity index (χ1n) is 3.33. The molecular formula is C7H9FO4. The highest BCUT2D eigenvalue weighted by atomic mass is 19.3. The van der Waals surface area contributed by atoms with Crippen molar-refractivity contribution in [3.05, 3.63) is 0 Å². The van der Waals surface area contributed by atoms with Crippen LogP contribution in [0, 0.1) is 5.92 Å². The van der Waals surface area contributed by atoms with Crippen molar-refractivity contribution in [3.63, 3.8) is 0 Å². The van der Waals surface area contributed by atoms with E-state index in [0.717, 1.165) is 0 Å². The first-order chi connectivity index (χ1) is 5.49. The number of ketones is 2. The van der Waals surface area contributed by atoms with Crippen molar-refractivity contribution < 1.29 is 23.9 Å². The Morgan fingerprint density at radius 1 is 1.42 bits per heavy atom. The van der Waals surface area contributed by atoms with E-state index in [4.69, 9.17) is 0 Å². The zero-order valence-corrected chi connectivity index (χ0v) is 6.80. The Hall–Kier alpha value is -1.26. The van der Waals surface area contributed by atoms with E-state index >= 15 is 0 Å². The highest BCUT2D eigenvalue weighted by molar-refractivity contribution is 6.06. The van der Waals surface area contributed by atoms with Gasteiger partial charge in [0.25, 0.3) is 0 Å². The molecule has 0 aliphatic heterocycles. The second kappa shape index (κ2) is 4.58. The Bertz CT molecular complexity index is 211. The van der Waals surface area contributed by atoms with Crippen LogP contribution in [-0.4, -0.2) is 17.5 Å². The Morgan fingerprint density at radius 3 is 2.25 bits per heavy atom. The standard InChI is InChI=1S/C7H9FO4/c1-4(9)3-6(10)5(2)7(11)12-8/h5H,3H2,1-2H3. The molecule has 4 nitrogen and oxygen atoms in total. The first-order valence-corrected chi connectivity index (χ1v) is 3.33. The predicted octanol–water partition coefficient (Wildman–Crippen LogP) is 0.598. The number of hydrogen-bond donors (Lipinski definition) is 0. The summed E-state index contributed by atoms with van der Waals surface area (Å²) in [6, 6.07) is 0. The van der Waals surface area contributed by atoms with E-state index in [1.54, 1.807) is 0 Å². The molecule has 0 spiro atoms. The van der Waals surface area contributed by atoms with Crippen molar-refractivity contribution >= 4 is 17.5 Å². The van der Waals surface area contributed by atoms with Crippen molar-refractivity contribution in [3.8, 4) is 0 Å². The summed E-state index contributed by atoms with van der Waals surface area (Å²) in [6.07, 6.45) is -0.365. The van der Waals surface area contributed by atoms with Crippen LogP contribution >= 0.6 is 0 Å². The minimum atomic E-state index is -1.26. The van der Waals surface area contributed by atoms with Gasteiger partial charge >= 0.3 is 5.97 Å². The van der Waals surface area contributed by atoms with Crippen molar-refractivity contribution in [2.75, 3.05) is 0 Å². The van der Waals surface area contributed by atoms with Crippen LogP contribution in [0.15, 0.2) is 0 Å². The molecule has 0 N–H and O–H groups in total. The summed E-state index contributed by atoms with van der Waals surface area (Å²) in [4.78, 5) is 34.5. The lowest BCUT2D eigenvalue weighted by atomic mass is 10.0. The van der Waals surface area contributed by atoms with Gasteiger partial charge < -0.3 is 0 Å². The lowest BCUT2D eigenvalue weighted by Gasteiger charge is -2.02. The molecule has 0 saturated heterocycles. The molecule has 0 aromatic rings. The van der Waals surface area contributed by atoms with Gasteiger partial charge in [0.1, 0.15) is 11.7 Å². The largest absolute Gasteiger partial charge is 0.358 e. The number of Topliss-reactive ketones (excluding diaryl/α,β-unsaturated/α-hetero) is 2. The van der Waals surface area contributed by atoms with Gasteiger partial charge in [-0.1, -0.05) is 0 Å². The first kappa shape index (κ1) is 10.7. The lowest BCUT2D eigenvalue weighted by Crippen LogP contribution is -2.22. The van der Waals surface area contributed by atoms with E-state index in [-0.39, 0.29) is 12.2 Å². The van der Waals surface area contributed by atoms with E-state index in [1.807, 2.05) is 0 Å². The summed E-state index contributed by atoms with van der Waals surface area (Å²) in [5.74, 6) is -3.47. The normalized spacial score (nSPS) is 11.9. The van der Waals surface area contributed by atoms with Crippen LogP contribution in [-0.2, 0) is 19.3 Å². The van der Waals surface area contributed by atoms with E-state index < -0.39 is 17.7 Å². The minimum Gasteiger partial charge on any atom is -0.300 e. The molecule has 12 heavy (non-hydrogen) atoms. The maximum Gasteiger partial charge on any atom is 0.358 e. The number of carbonyl (C=O) groups is 3. The maximum atomic E-state index is 11.2. The highest BCUT2D eigenvalue weighted by Gasteiger charge is 2.24. The SMILES string of the molecule is CC(=O)CC(=O)C(C)C(=O)OF. The molecular weight excluding hydrogens is 167 g/mol. The van der Waals surface area contributed by atoms with Gasteiger partial charge in [0.2, 0.25) is 0 Å². The predicted molar refractivity (Wildman–Crippen MR) is 36.7 cm³/mol. The molecule has 0 radical (unpaired) electrons. The van der Waals surface area contributed by atoms with Crippen molar-refractivity contribution in [2.45, 2.75) is 20.3 Å². The molecule has 0 aliphatic rings. The molecule has 68 valence electrons. The summed E-state index contributed by atoms with van der Waals surface area (Å²) >= 11 is 0. The fourth-order valence-corrected chi connectivity index (χ4v) is 0.597. The Morgan fingerprint density at radius 2 is 1.92 bits per heavy atom. The smallest absolute Gasteiger partial charge is 0.300 e. The Kier molecular flexibility index (Phi) is 4.10. The second-order valence-electron chi connectivity index (χ2n) is 2.46. The van der Waals surface area contributed by atoms with Crippen LogP contribution in [0.5, 0.6) is 0 Å². The third-order valence-electron chi connectivity index (χ3n) is 1.34. The molecule has 0 aliphatic carbocycles. The van der Waals surface area contributed by atoms with Gasteiger partial charge in [-0.2, -0.15) is 0 Å². The second-order valence-corrected chi connectivity index (χ2v) is 2.46. The zero-order chi connectivity index (χ0) is 9.72. The molecule has 1 atom stereocenters. The third kappa shape index (κ3) is 3.23. The molecule has 0 heterocycles. The van der Waals surface area contributed by atoms with E-state index in [9.17, 15) is 18.9 Å².